The summed E-state index contributed by atoms with van der Waals surface area (Å²) >= 11 is 0. The molecule has 1 amide bonds. The van der Waals surface area contributed by atoms with Crippen molar-refractivity contribution in [2.75, 3.05) is 0 Å². The van der Waals surface area contributed by atoms with E-state index in [-0.39, 0.29) is 11.9 Å². The van der Waals surface area contributed by atoms with Gasteiger partial charge in [0.2, 0.25) is 5.91 Å². The van der Waals surface area contributed by atoms with Crippen molar-refractivity contribution < 1.29 is 14.7 Å². The van der Waals surface area contributed by atoms with Crippen LogP contribution in [0.15, 0.2) is 48.5 Å². The second kappa shape index (κ2) is 8.40. The molecule has 0 radical (unpaired) electrons. The summed E-state index contributed by atoms with van der Waals surface area (Å²) in [7, 11) is 0. The smallest absolute Gasteiger partial charge is 0.307 e. The fourth-order valence-electron chi connectivity index (χ4n) is 4.77. The third kappa shape index (κ3) is 4.07. The molecule has 2 aromatic carbocycles. The molecule has 4 nitrogen and oxygen atoms in total. The van der Waals surface area contributed by atoms with Gasteiger partial charge in [-0.1, -0.05) is 61.4 Å². The standard InChI is InChI=1S/C25H29NO3/c1-16-6-2-3-9-20(16)23(19-14-12-18(13-15-19)17-7-4-8-17)26-24(27)21-10-5-11-22(21)25(28)29/h2-3,6,9,12-15,17,21-23H,4-5,7-8,10-11H2,1H3,(H,26,27)(H,28,29). The third-order valence-electron chi connectivity index (χ3n) is 6.80. The predicted octanol–water partition coefficient (Wildman–Crippen LogP) is 4.97. The number of carbonyl (C=O) groups excluding carboxylic acids is 1. The zero-order valence-corrected chi connectivity index (χ0v) is 16.9. The van der Waals surface area contributed by atoms with Gasteiger partial charge in [0, 0.05) is 0 Å². The Kier molecular flexibility index (Phi) is 5.70. The van der Waals surface area contributed by atoms with E-state index in [0.29, 0.717) is 18.8 Å². The molecule has 2 aromatic rings. The average Bonchev–Trinajstić information content (AvgIpc) is 3.16. The average molecular weight is 392 g/mol. The number of carboxylic acids is 1. The SMILES string of the molecule is Cc1ccccc1C(NC(=O)C1CCCC1C(=O)O)c1ccc(C2CCC2)cc1. The molecule has 0 saturated heterocycles. The fraction of sp³-hybridized carbons (Fsp3) is 0.440. The first-order chi connectivity index (χ1) is 14.0. The van der Waals surface area contributed by atoms with E-state index in [1.165, 1.54) is 24.8 Å². The number of aliphatic carboxylic acids is 1. The molecule has 2 aliphatic rings. The van der Waals surface area contributed by atoms with Crippen LogP contribution in [0.25, 0.3) is 0 Å². The maximum absolute atomic E-state index is 13.1. The van der Waals surface area contributed by atoms with Crippen LogP contribution in [0.4, 0.5) is 0 Å². The molecule has 3 atom stereocenters. The zero-order chi connectivity index (χ0) is 20.4. The summed E-state index contributed by atoms with van der Waals surface area (Å²) in [6, 6.07) is 16.4. The lowest BCUT2D eigenvalue weighted by molar-refractivity contribution is -0.146. The molecule has 2 fully saturated rings. The number of carbonyl (C=O) groups is 2. The van der Waals surface area contributed by atoms with Crippen LogP contribution in [-0.2, 0) is 9.59 Å². The summed E-state index contributed by atoms with van der Waals surface area (Å²) in [5, 5.41) is 12.7. The fourth-order valence-corrected chi connectivity index (χ4v) is 4.77. The number of rotatable bonds is 6. The van der Waals surface area contributed by atoms with Crippen molar-refractivity contribution in [2.45, 2.75) is 57.4 Å². The highest BCUT2D eigenvalue weighted by molar-refractivity contribution is 5.85. The molecule has 0 aliphatic heterocycles. The lowest BCUT2D eigenvalue weighted by Gasteiger charge is -2.27. The normalized spacial score (nSPS) is 22.7. The van der Waals surface area contributed by atoms with Crippen LogP contribution in [0.2, 0.25) is 0 Å². The Morgan fingerprint density at radius 1 is 0.931 bits per heavy atom. The summed E-state index contributed by atoms with van der Waals surface area (Å²) < 4.78 is 0. The number of amides is 1. The first-order valence-corrected chi connectivity index (χ1v) is 10.7. The minimum Gasteiger partial charge on any atom is -0.481 e. The second-order valence-electron chi connectivity index (χ2n) is 8.57. The topological polar surface area (TPSA) is 66.4 Å². The van der Waals surface area contributed by atoms with E-state index in [1.807, 2.05) is 31.2 Å². The molecule has 4 heteroatoms. The Bertz CT molecular complexity index is 885. The summed E-state index contributed by atoms with van der Waals surface area (Å²) in [5.74, 6) is -1.36. The molecule has 3 unspecified atom stereocenters. The molecule has 2 aliphatic carbocycles. The third-order valence-corrected chi connectivity index (χ3v) is 6.80. The number of aryl methyl sites for hydroxylation is 1. The number of carboxylic acid groups (broad SMARTS) is 1. The summed E-state index contributed by atoms with van der Waals surface area (Å²) in [6.45, 7) is 2.05. The van der Waals surface area contributed by atoms with Gasteiger partial charge in [-0.3, -0.25) is 9.59 Å². The van der Waals surface area contributed by atoms with Gasteiger partial charge in [-0.25, -0.2) is 0 Å². The van der Waals surface area contributed by atoms with Gasteiger partial charge in [0.25, 0.3) is 0 Å². The highest BCUT2D eigenvalue weighted by atomic mass is 16.4. The highest BCUT2D eigenvalue weighted by Crippen LogP contribution is 2.37. The molecule has 4 rings (SSSR count). The van der Waals surface area contributed by atoms with Gasteiger partial charge in [0.15, 0.2) is 0 Å². The Labute approximate surface area is 172 Å². The molecule has 2 saturated carbocycles. The van der Waals surface area contributed by atoms with E-state index in [4.69, 9.17) is 0 Å². The Hall–Kier alpha value is -2.62. The molecule has 0 heterocycles. The van der Waals surface area contributed by atoms with Gasteiger partial charge in [-0.15, -0.1) is 0 Å². The van der Waals surface area contributed by atoms with Crippen molar-refractivity contribution in [2.24, 2.45) is 11.8 Å². The van der Waals surface area contributed by atoms with E-state index in [2.05, 4.69) is 29.6 Å². The Balaban J connectivity index is 1.61. The molecule has 29 heavy (non-hydrogen) atoms. The van der Waals surface area contributed by atoms with Crippen molar-refractivity contribution >= 4 is 11.9 Å². The quantitative estimate of drug-likeness (QED) is 0.731. The Morgan fingerprint density at radius 3 is 2.21 bits per heavy atom. The van der Waals surface area contributed by atoms with Gasteiger partial charge >= 0.3 is 5.97 Å². The molecular weight excluding hydrogens is 362 g/mol. The number of benzene rings is 2. The van der Waals surface area contributed by atoms with Gasteiger partial charge < -0.3 is 10.4 Å². The van der Waals surface area contributed by atoms with Crippen molar-refractivity contribution in [3.63, 3.8) is 0 Å². The maximum atomic E-state index is 13.1. The van der Waals surface area contributed by atoms with Gasteiger partial charge in [0.1, 0.15) is 0 Å². The van der Waals surface area contributed by atoms with Crippen LogP contribution in [-0.4, -0.2) is 17.0 Å². The molecule has 0 aromatic heterocycles. The van der Waals surface area contributed by atoms with Crippen LogP contribution < -0.4 is 5.32 Å². The lowest BCUT2D eigenvalue weighted by atomic mass is 9.79. The summed E-state index contributed by atoms with van der Waals surface area (Å²) in [4.78, 5) is 24.6. The van der Waals surface area contributed by atoms with Gasteiger partial charge in [-0.2, -0.15) is 0 Å². The first-order valence-electron chi connectivity index (χ1n) is 10.7. The van der Waals surface area contributed by atoms with E-state index < -0.39 is 17.8 Å². The van der Waals surface area contributed by atoms with Crippen molar-refractivity contribution in [3.05, 3.63) is 70.8 Å². The highest BCUT2D eigenvalue weighted by Gasteiger charge is 2.38. The van der Waals surface area contributed by atoms with Gasteiger partial charge in [-0.05, 0) is 60.8 Å². The van der Waals surface area contributed by atoms with Crippen LogP contribution in [0.5, 0.6) is 0 Å². The summed E-state index contributed by atoms with van der Waals surface area (Å²) in [5.41, 5.74) is 4.58. The van der Waals surface area contributed by atoms with E-state index in [9.17, 15) is 14.7 Å². The second-order valence-corrected chi connectivity index (χ2v) is 8.57. The minimum atomic E-state index is -0.861. The van der Waals surface area contributed by atoms with Gasteiger partial charge in [0.05, 0.1) is 17.9 Å². The number of nitrogens with one attached hydrogen (secondary N) is 1. The van der Waals surface area contributed by atoms with Crippen molar-refractivity contribution in [1.29, 1.82) is 0 Å². The van der Waals surface area contributed by atoms with E-state index >= 15 is 0 Å². The van der Waals surface area contributed by atoms with Crippen LogP contribution in [0, 0.1) is 18.8 Å². The lowest BCUT2D eigenvalue weighted by Crippen LogP contribution is -2.38. The van der Waals surface area contributed by atoms with Crippen molar-refractivity contribution in [3.8, 4) is 0 Å². The monoisotopic (exact) mass is 391 g/mol. The minimum absolute atomic E-state index is 0.147. The number of hydrogen-bond acceptors (Lipinski definition) is 2. The molecule has 2 N–H and O–H groups in total. The molecule has 0 bridgehead atoms. The zero-order valence-electron chi connectivity index (χ0n) is 16.9. The van der Waals surface area contributed by atoms with E-state index in [1.54, 1.807) is 0 Å². The van der Waals surface area contributed by atoms with Crippen LogP contribution in [0.3, 0.4) is 0 Å². The molecule has 0 spiro atoms. The molecule has 152 valence electrons. The largest absolute Gasteiger partial charge is 0.481 e. The van der Waals surface area contributed by atoms with Crippen LogP contribution >= 0.6 is 0 Å². The maximum Gasteiger partial charge on any atom is 0.307 e. The Morgan fingerprint density at radius 2 is 1.59 bits per heavy atom. The van der Waals surface area contributed by atoms with E-state index in [0.717, 1.165) is 23.1 Å². The predicted molar refractivity (Wildman–Crippen MR) is 113 cm³/mol. The molecular formula is C25H29NO3. The van der Waals surface area contributed by atoms with Crippen LogP contribution in [0.1, 0.15) is 72.7 Å². The first kappa shape index (κ1) is 19.7. The van der Waals surface area contributed by atoms with Crippen molar-refractivity contribution in [1.82, 2.24) is 5.32 Å². The number of hydrogen-bond donors (Lipinski definition) is 2. The summed E-state index contributed by atoms with van der Waals surface area (Å²) in [6.07, 6.45) is 5.84.